The fraction of sp³-hybridized carbons (Fsp3) is 0.278. The predicted molar refractivity (Wildman–Crippen MR) is 82.3 cm³/mol. The Labute approximate surface area is 121 Å². The second kappa shape index (κ2) is 8.16. The van der Waals surface area contributed by atoms with Crippen LogP contribution in [0.15, 0.2) is 60.7 Å². The van der Waals surface area contributed by atoms with Crippen molar-refractivity contribution < 1.29 is 4.79 Å². The number of hydrogen-bond donors (Lipinski definition) is 0. The zero-order chi connectivity index (χ0) is 14.0. The molecule has 0 fully saturated rings. The van der Waals surface area contributed by atoms with Crippen LogP contribution in [0.3, 0.4) is 0 Å². The highest BCUT2D eigenvalue weighted by molar-refractivity contribution is 5.47. The molecule has 0 aliphatic heterocycles. The molecule has 104 valence electrons. The molecule has 0 aromatic heterocycles. The molecule has 2 rings (SSSR count). The lowest BCUT2D eigenvalue weighted by Gasteiger charge is -2.17. The summed E-state index contributed by atoms with van der Waals surface area (Å²) in [5.41, 5.74) is 2.55. The fourth-order valence-corrected chi connectivity index (χ4v) is 2.28. The number of rotatable bonds is 8. The molecule has 0 unspecified atom stereocenters. The van der Waals surface area contributed by atoms with Gasteiger partial charge in [-0.3, -0.25) is 4.79 Å². The molecule has 0 bridgehead atoms. The maximum absolute atomic E-state index is 11.1. The molecule has 0 spiro atoms. The summed E-state index contributed by atoms with van der Waals surface area (Å²) in [5.74, 6) is 0. The van der Waals surface area contributed by atoms with Crippen LogP contribution in [0, 0.1) is 0 Å². The summed E-state index contributed by atoms with van der Waals surface area (Å²) < 4.78 is 0. The van der Waals surface area contributed by atoms with Crippen LogP contribution in [0.1, 0.15) is 24.0 Å². The topological polar surface area (TPSA) is 20.3 Å². The van der Waals surface area contributed by atoms with Gasteiger partial charge in [-0.25, -0.2) is 0 Å². The third-order valence-electron chi connectivity index (χ3n) is 3.38. The van der Waals surface area contributed by atoms with Gasteiger partial charge in [0.15, 0.2) is 0 Å². The molecule has 0 saturated heterocycles. The number of hydrogen-bond acceptors (Lipinski definition) is 1. The van der Waals surface area contributed by atoms with Crippen molar-refractivity contribution in [1.82, 2.24) is 4.90 Å². The second-order valence-electron chi connectivity index (χ2n) is 5.00. The van der Waals surface area contributed by atoms with Crippen LogP contribution in [0.4, 0.5) is 0 Å². The Kier molecular flexibility index (Phi) is 5.84. The summed E-state index contributed by atoms with van der Waals surface area (Å²) in [6.45, 7) is 1.53. The van der Waals surface area contributed by atoms with Crippen LogP contribution in [0.25, 0.3) is 0 Å². The molecule has 2 aromatic rings. The van der Waals surface area contributed by atoms with Gasteiger partial charge in [-0.1, -0.05) is 60.7 Å². The summed E-state index contributed by atoms with van der Waals surface area (Å²) >= 11 is 0. The third kappa shape index (κ3) is 4.88. The Morgan fingerprint density at radius 2 is 1.40 bits per heavy atom. The lowest BCUT2D eigenvalue weighted by atomic mass is 10.1. The number of carbonyl (C=O) groups is 1. The van der Waals surface area contributed by atoms with E-state index in [1.807, 2.05) is 29.2 Å². The molecule has 1 amide bonds. The van der Waals surface area contributed by atoms with E-state index >= 15 is 0 Å². The minimum Gasteiger partial charge on any atom is -0.341 e. The largest absolute Gasteiger partial charge is 0.341 e. The maximum Gasteiger partial charge on any atom is 0.210 e. The van der Waals surface area contributed by atoms with E-state index in [0.29, 0.717) is 6.54 Å². The first kappa shape index (κ1) is 14.3. The van der Waals surface area contributed by atoms with E-state index in [-0.39, 0.29) is 0 Å². The summed E-state index contributed by atoms with van der Waals surface area (Å²) in [7, 11) is 0. The zero-order valence-corrected chi connectivity index (χ0v) is 11.7. The monoisotopic (exact) mass is 267 g/mol. The van der Waals surface area contributed by atoms with E-state index in [9.17, 15) is 4.79 Å². The van der Waals surface area contributed by atoms with Gasteiger partial charge in [0, 0.05) is 13.1 Å². The summed E-state index contributed by atoms with van der Waals surface area (Å²) in [6.07, 6.45) is 4.19. The Hall–Kier alpha value is -2.09. The Balaban J connectivity index is 1.70. The molecular formula is C18H21NO. The summed E-state index contributed by atoms with van der Waals surface area (Å²) in [5, 5.41) is 0. The molecular weight excluding hydrogens is 246 g/mol. The molecule has 2 nitrogen and oxygen atoms in total. The van der Waals surface area contributed by atoms with Crippen molar-refractivity contribution in [2.45, 2.75) is 25.8 Å². The molecule has 0 N–H and O–H groups in total. The lowest BCUT2D eigenvalue weighted by molar-refractivity contribution is -0.118. The van der Waals surface area contributed by atoms with Crippen molar-refractivity contribution >= 4 is 6.41 Å². The number of unbranched alkanes of at least 4 members (excludes halogenated alkanes) is 1. The van der Waals surface area contributed by atoms with Gasteiger partial charge in [-0.2, -0.15) is 0 Å². The van der Waals surface area contributed by atoms with Gasteiger partial charge >= 0.3 is 0 Å². The number of amides is 1. The standard InChI is InChI=1S/C18H21NO/c20-16-19(15-18-12-5-2-6-13-18)14-8-7-11-17-9-3-1-4-10-17/h1-6,9-10,12-13,16H,7-8,11,14-15H2. The minimum absolute atomic E-state index is 0.704. The van der Waals surface area contributed by atoms with E-state index in [1.165, 1.54) is 11.1 Å². The van der Waals surface area contributed by atoms with Crippen LogP contribution >= 0.6 is 0 Å². The molecule has 2 heteroatoms. The summed E-state index contributed by atoms with van der Waals surface area (Å²) in [4.78, 5) is 12.9. The minimum atomic E-state index is 0.704. The van der Waals surface area contributed by atoms with Crippen molar-refractivity contribution in [3.8, 4) is 0 Å². The van der Waals surface area contributed by atoms with Crippen LogP contribution in [0.5, 0.6) is 0 Å². The molecule has 0 saturated carbocycles. The predicted octanol–water partition coefficient (Wildman–Crippen LogP) is 3.67. The smallest absolute Gasteiger partial charge is 0.210 e. The number of aryl methyl sites for hydroxylation is 1. The van der Waals surface area contributed by atoms with Crippen molar-refractivity contribution in [2.24, 2.45) is 0 Å². The molecule has 0 atom stereocenters. The highest BCUT2D eigenvalue weighted by Gasteiger charge is 2.02. The maximum atomic E-state index is 11.1. The van der Waals surface area contributed by atoms with Gasteiger partial charge < -0.3 is 4.90 Å². The van der Waals surface area contributed by atoms with E-state index in [4.69, 9.17) is 0 Å². The molecule has 0 heterocycles. The first-order chi connectivity index (χ1) is 9.88. The Bertz CT molecular complexity index is 495. The van der Waals surface area contributed by atoms with Gasteiger partial charge in [0.2, 0.25) is 6.41 Å². The SMILES string of the molecule is O=CN(CCCCc1ccccc1)Cc1ccccc1. The van der Waals surface area contributed by atoms with Crippen LogP contribution in [-0.2, 0) is 17.8 Å². The second-order valence-corrected chi connectivity index (χ2v) is 5.00. The van der Waals surface area contributed by atoms with Gasteiger partial charge in [-0.05, 0) is 30.4 Å². The normalized spacial score (nSPS) is 10.2. The van der Waals surface area contributed by atoms with Crippen molar-refractivity contribution in [1.29, 1.82) is 0 Å². The average molecular weight is 267 g/mol. The van der Waals surface area contributed by atoms with Crippen molar-refractivity contribution in [3.63, 3.8) is 0 Å². The van der Waals surface area contributed by atoms with Gasteiger partial charge in [-0.15, -0.1) is 0 Å². The van der Waals surface area contributed by atoms with Crippen molar-refractivity contribution in [3.05, 3.63) is 71.8 Å². The number of carbonyl (C=O) groups excluding carboxylic acids is 1. The lowest BCUT2D eigenvalue weighted by Crippen LogP contribution is -2.22. The highest BCUT2D eigenvalue weighted by atomic mass is 16.1. The van der Waals surface area contributed by atoms with Gasteiger partial charge in [0.25, 0.3) is 0 Å². The van der Waals surface area contributed by atoms with Crippen LogP contribution < -0.4 is 0 Å². The molecule has 0 radical (unpaired) electrons. The molecule has 20 heavy (non-hydrogen) atoms. The Morgan fingerprint density at radius 3 is 2.00 bits per heavy atom. The average Bonchev–Trinajstić information content (AvgIpc) is 2.52. The third-order valence-corrected chi connectivity index (χ3v) is 3.38. The van der Waals surface area contributed by atoms with Gasteiger partial charge in [0.1, 0.15) is 0 Å². The quantitative estimate of drug-likeness (QED) is 0.528. The number of benzene rings is 2. The number of nitrogens with zero attached hydrogens (tertiary/aromatic N) is 1. The van der Waals surface area contributed by atoms with E-state index in [0.717, 1.165) is 32.2 Å². The first-order valence-corrected chi connectivity index (χ1v) is 7.15. The molecule has 2 aromatic carbocycles. The van der Waals surface area contributed by atoms with Crippen molar-refractivity contribution in [2.75, 3.05) is 6.54 Å². The van der Waals surface area contributed by atoms with E-state index in [1.54, 1.807) is 0 Å². The fourth-order valence-electron chi connectivity index (χ4n) is 2.28. The van der Waals surface area contributed by atoms with Crippen LogP contribution in [0.2, 0.25) is 0 Å². The molecule has 0 aliphatic carbocycles. The molecule has 0 aliphatic rings. The van der Waals surface area contributed by atoms with Crippen LogP contribution in [-0.4, -0.2) is 17.9 Å². The zero-order valence-electron chi connectivity index (χ0n) is 11.7. The van der Waals surface area contributed by atoms with Gasteiger partial charge in [0.05, 0.1) is 0 Å². The first-order valence-electron chi connectivity index (χ1n) is 7.15. The summed E-state index contributed by atoms with van der Waals surface area (Å²) in [6, 6.07) is 20.6. The highest BCUT2D eigenvalue weighted by Crippen LogP contribution is 2.07. The van der Waals surface area contributed by atoms with E-state index in [2.05, 4.69) is 36.4 Å². The Morgan fingerprint density at radius 1 is 0.800 bits per heavy atom. The van der Waals surface area contributed by atoms with E-state index < -0.39 is 0 Å².